The Kier molecular flexibility index (Phi) is 4.09. The van der Waals surface area contributed by atoms with Gasteiger partial charge in [-0.25, -0.2) is 0 Å². The molecule has 1 N–H and O–H groups in total. The minimum atomic E-state index is 0.134. The normalized spacial score (nSPS) is 11.7. The summed E-state index contributed by atoms with van der Waals surface area (Å²) >= 11 is 5.90. The van der Waals surface area contributed by atoms with Crippen molar-refractivity contribution in [3.05, 3.63) is 64.2 Å². The van der Waals surface area contributed by atoms with E-state index in [0.717, 1.165) is 5.69 Å². The van der Waals surface area contributed by atoms with Crippen LogP contribution in [0.2, 0.25) is 5.02 Å². The molecule has 0 fully saturated rings. The summed E-state index contributed by atoms with van der Waals surface area (Å²) in [6.45, 7) is 4.17. The zero-order valence-corrected chi connectivity index (χ0v) is 11.7. The van der Waals surface area contributed by atoms with Crippen molar-refractivity contribution in [1.29, 1.82) is 5.26 Å². The van der Waals surface area contributed by atoms with Crippen LogP contribution in [0.4, 0.5) is 5.69 Å². The molecule has 1 atom stereocenters. The van der Waals surface area contributed by atoms with Gasteiger partial charge in [0.15, 0.2) is 0 Å². The highest BCUT2D eigenvalue weighted by Crippen LogP contribution is 2.26. The number of benzene rings is 2. The molecule has 0 bridgehead atoms. The summed E-state index contributed by atoms with van der Waals surface area (Å²) < 4.78 is 0. The van der Waals surface area contributed by atoms with E-state index in [0.29, 0.717) is 10.6 Å². The summed E-state index contributed by atoms with van der Waals surface area (Å²) in [5.74, 6) is 0. The molecule has 0 saturated heterocycles. The van der Waals surface area contributed by atoms with E-state index in [9.17, 15) is 0 Å². The van der Waals surface area contributed by atoms with Crippen LogP contribution in [0.5, 0.6) is 0 Å². The molecule has 3 heteroatoms. The van der Waals surface area contributed by atoms with Gasteiger partial charge in [0.1, 0.15) is 6.07 Å². The maximum Gasteiger partial charge on any atom is 0.101 e. The zero-order chi connectivity index (χ0) is 13.8. The van der Waals surface area contributed by atoms with Gasteiger partial charge in [-0.05, 0) is 43.2 Å². The average Bonchev–Trinajstić information content (AvgIpc) is 2.41. The number of rotatable bonds is 3. The molecule has 2 rings (SSSR count). The van der Waals surface area contributed by atoms with Crippen LogP contribution in [0.25, 0.3) is 0 Å². The molecule has 1 unspecified atom stereocenters. The molecule has 0 aromatic heterocycles. The van der Waals surface area contributed by atoms with Crippen molar-refractivity contribution in [2.24, 2.45) is 0 Å². The van der Waals surface area contributed by atoms with Crippen molar-refractivity contribution in [3.8, 4) is 6.07 Å². The van der Waals surface area contributed by atoms with E-state index in [-0.39, 0.29) is 6.04 Å². The fourth-order valence-corrected chi connectivity index (χ4v) is 2.29. The van der Waals surface area contributed by atoms with E-state index in [1.54, 1.807) is 12.1 Å². The van der Waals surface area contributed by atoms with Gasteiger partial charge in [0, 0.05) is 11.1 Å². The molecule has 0 amide bonds. The standard InChI is InChI=1S/C16H15ClN2/c1-11-5-3-4-6-15(11)12(2)19-16-8-7-14(17)9-13(16)10-18/h3-9,12,19H,1-2H3. The predicted molar refractivity (Wildman–Crippen MR) is 79.4 cm³/mol. The number of hydrogen-bond acceptors (Lipinski definition) is 2. The molecular formula is C16H15ClN2. The highest BCUT2D eigenvalue weighted by Gasteiger charge is 2.10. The Bertz CT molecular complexity index is 629. The van der Waals surface area contributed by atoms with Gasteiger partial charge in [0.2, 0.25) is 0 Å². The molecule has 2 aromatic rings. The maximum absolute atomic E-state index is 9.13. The van der Waals surface area contributed by atoms with Crippen molar-refractivity contribution in [3.63, 3.8) is 0 Å². The van der Waals surface area contributed by atoms with Gasteiger partial charge >= 0.3 is 0 Å². The number of anilines is 1. The lowest BCUT2D eigenvalue weighted by Gasteiger charge is -2.18. The van der Waals surface area contributed by atoms with E-state index in [4.69, 9.17) is 16.9 Å². The van der Waals surface area contributed by atoms with Gasteiger partial charge in [-0.3, -0.25) is 0 Å². The molecule has 0 aliphatic carbocycles. The van der Waals surface area contributed by atoms with Gasteiger partial charge in [0.05, 0.1) is 11.3 Å². The molecule has 0 heterocycles. The first-order chi connectivity index (χ1) is 9.11. The Morgan fingerprint density at radius 1 is 1.21 bits per heavy atom. The van der Waals surface area contributed by atoms with E-state index < -0.39 is 0 Å². The molecule has 0 spiro atoms. The van der Waals surface area contributed by atoms with Crippen LogP contribution in [-0.4, -0.2) is 0 Å². The number of nitrogens with zero attached hydrogens (tertiary/aromatic N) is 1. The lowest BCUT2D eigenvalue weighted by atomic mass is 10.0. The van der Waals surface area contributed by atoms with Crippen LogP contribution < -0.4 is 5.32 Å². The number of hydrogen-bond donors (Lipinski definition) is 1. The summed E-state index contributed by atoms with van der Waals surface area (Å²) in [6, 6.07) is 15.8. The second-order valence-corrected chi connectivity index (χ2v) is 4.96. The second-order valence-electron chi connectivity index (χ2n) is 4.52. The minimum Gasteiger partial charge on any atom is -0.377 e. The molecule has 96 valence electrons. The SMILES string of the molecule is Cc1ccccc1C(C)Nc1ccc(Cl)cc1C#N. The summed E-state index contributed by atoms with van der Waals surface area (Å²) in [5.41, 5.74) is 3.83. The summed E-state index contributed by atoms with van der Waals surface area (Å²) in [7, 11) is 0. The van der Waals surface area contributed by atoms with Gasteiger partial charge in [-0.2, -0.15) is 5.26 Å². The van der Waals surface area contributed by atoms with Crippen molar-refractivity contribution < 1.29 is 0 Å². The topological polar surface area (TPSA) is 35.8 Å². The maximum atomic E-state index is 9.13. The van der Waals surface area contributed by atoms with Crippen molar-refractivity contribution in [1.82, 2.24) is 0 Å². The number of halogens is 1. The van der Waals surface area contributed by atoms with Crippen molar-refractivity contribution in [2.45, 2.75) is 19.9 Å². The van der Waals surface area contributed by atoms with Gasteiger partial charge in [-0.1, -0.05) is 35.9 Å². The fourth-order valence-electron chi connectivity index (χ4n) is 2.12. The summed E-state index contributed by atoms with van der Waals surface area (Å²) in [5, 5.41) is 13.1. The van der Waals surface area contributed by atoms with Crippen molar-refractivity contribution in [2.75, 3.05) is 5.32 Å². The zero-order valence-electron chi connectivity index (χ0n) is 10.9. The van der Waals surface area contributed by atoms with Crippen LogP contribution in [0.15, 0.2) is 42.5 Å². The third-order valence-corrected chi connectivity index (χ3v) is 3.36. The molecule has 2 aromatic carbocycles. The van der Waals surface area contributed by atoms with E-state index >= 15 is 0 Å². The van der Waals surface area contributed by atoms with Crippen LogP contribution in [0.3, 0.4) is 0 Å². The Morgan fingerprint density at radius 2 is 1.95 bits per heavy atom. The average molecular weight is 271 g/mol. The lowest BCUT2D eigenvalue weighted by Crippen LogP contribution is -2.09. The first-order valence-corrected chi connectivity index (χ1v) is 6.51. The van der Waals surface area contributed by atoms with E-state index in [1.165, 1.54) is 11.1 Å². The summed E-state index contributed by atoms with van der Waals surface area (Å²) in [6.07, 6.45) is 0. The summed E-state index contributed by atoms with van der Waals surface area (Å²) in [4.78, 5) is 0. The molecule has 19 heavy (non-hydrogen) atoms. The van der Waals surface area contributed by atoms with E-state index in [1.807, 2.05) is 18.2 Å². The highest BCUT2D eigenvalue weighted by molar-refractivity contribution is 6.30. The number of nitrogens with one attached hydrogen (secondary N) is 1. The first kappa shape index (κ1) is 13.5. The Morgan fingerprint density at radius 3 is 2.63 bits per heavy atom. The molecule has 0 saturated carbocycles. The molecule has 0 aliphatic heterocycles. The van der Waals surface area contributed by atoms with Crippen LogP contribution in [0, 0.1) is 18.3 Å². The third kappa shape index (κ3) is 3.07. The van der Waals surface area contributed by atoms with Gasteiger partial charge in [0.25, 0.3) is 0 Å². The quantitative estimate of drug-likeness (QED) is 0.878. The first-order valence-electron chi connectivity index (χ1n) is 6.13. The largest absolute Gasteiger partial charge is 0.377 e. The van der Waals surface area contributed by atoms with E-state index in [2.05, 4.69) is 37.4 Å². The molecule has 2 nitrogen and oxygen atoms in total. The third-order valence-electron chi connectivity index (χ3n) is 3.13. The van der Waals surface area contributed by atoms with Crippen LogP contribution in [0.1, 0.15) is 29.7 Å². The lowest BCUT2D eigenvalue weighted by molar-refractivity contribution is 0.873. The van der Waals surface area contributed by atoms with Gasteiger partial charge < -0.3 is 5.32 Å². The Balaban J connectivity index is 2.27. The number of nitriles is 1. The minimum absolute atomic E-state index is 0.134. The molecular weight excluding hydrogens is 256 g/mol. The fraction of sp³-hybridized carbons (Fsp3) is 0.188. The van der Waals surface area contributed by atoms with Crippen LogP contribution >= 0.6 is 11.6 Å². The van der Waals surface area contributed by atoms with Crippen LogP contribution in [-0.2, 0) is 0 Å². The number of aryl methyl sites for hydroxylation is 1. The van der Waals surface area contributed by atoms with Gasteiger partial charge in [-0.15, -0.1) is 0 Å². The molecule has 0 radical (unpaired) electrons. The predicted octanol–water partition coefficient (Wildman–Crippen LogP) is 4.69. The smallest absolute Gasteiger partial charge is 0.101 e. The Labute approximate surface area is 118 Å². The second kappa shape index (κ2) is 5.77. The molecule has 0 aliphatic rings. The highest BCUT2D eigenvalue weighted by atomic mass is 35.5. The monoisotopic (exact) mass is 270 g/mol. The Hall–Kier alpha value is -1.98. The van der Waals surface area contributed by atoms with Crippen molar-refractivity contribution >= 4 is 17.3 Å².